The highest BCUT2D eigenvalue weighted by Crippen LogP contribution is 2.48. The summed E-state index contributed by atoms with van der Waals surface area (Å²) in [5.41, 5.74) is 1.50. The molecule has 0 heterocycles. The van der Waals surface area contributed by atoms with Gasteiger partial charge in [-0.05, 0) is 24.2 Å². The Morgan fingerprint density at radius 3 is 2.75 bits per heavy atom. The summed E-state index contributed by atoms with van der Waals surface area (Å²) in [5.74, 6) is 0.286. The van der Waals surface area contributed by atoms with Crippen molar-refractivity contribution in [1.82, 2.24) is 0 Å². The highest BCUT2D eigenvalue weighted by atomic mass is 16.5. The van der Waals surface area contributed by atoms with E-state index in [0.717, 1.165) is 12.8 Å². The number of ether oxygens (including phenoxy) is 2. The second-order valence-corrected chi connectivity index (χ2v) is 4.92. The molecule has 0 N–H and O–H groups in total. The van der Waals surface area contributed by atoms with Crippen LogP contribution in [-0.2, 0) is 14.3 Å². The summed E-state index contributed by atoms with van der Waals surface area (Å²) in [6, 6.07) is 0. The predicted octanol–water partition coefficient (Wildman–Crippen LogP) is 2.56. The Bertz CT molecular complexity index is 279. The highest BCUT2D eigenvalue weighted by molar-refractivity contribution is 5.69. The van der Waals surface area contributed by atoms with Gasteiger partial charge in [-0.15, -0.1) is 0 Å². The zero-order valence-electron chi connectivity index (χ0n) is 10.7. The number of carbonyl (C=O) groups excluding carboxylic acids is 1. The number of hydrogen-bond donors (Lipinski definition) is 0. The van der Waals surface area contributed by atoms with Crippen molar-refractivity contribution in [3.8, 4) is 0 Å². The van der Waals surface area contributed by atoms with E-state index < -0.39 is 0 Å². The lowest BCUT2D eigenvalue weighted by atomic mass is 9.77. The fourth-order valence-corrected chi connectivity index (χ4v) is 2.47. The first-order valence-electron chi connectivity index (χ1n) is 5.77. The monoisotopic (exact) mass is 226 g/mol. The molecular weight excluding hydrogens is 204 g/mol. The van der Waals surface area contributed by atoms with Gasteiger partial charge < -0.3 is 9.47 Å². The normalized spacial score (nSPS) is 26.0. The zero-order chi connectivity index (χ0) is 12.2. The molecule has 1 fully saturated rings. The number of allylic oxidation sites excluding steroid dienone is 1. The van der Waals surface area contributed by atoms with Gasteiger partial charge in [-0.1, -0.05) is 25.5 Å². The van der Waals surface area contributed by atoms with Gasteiger partial charge in [0.2, 0.25) is 0 Å². The smallest absolute Gasteiger partial charge is 0.305 e. The largest absolute Gasteiger partial charge is 0.469 e. The molecule has 0 aromatic carbocycles. The summed E-state index contributed by atoms with van der Waals surface area (Å²) >= 11 is 0. The molecule has 0 aliphatic heterocycles. The van der Waals surface area contributed by atoms with Gasteiger partial charge in [0.1, 0.15) is 0 Å². The van der Waals surface area contributed by atoms with Gasteiger partial charge in [0.05, 0.1) is 13.7 Å². The Morgan fingerprint density at radius 1 is 1.50 bits per heavy atom. The lowest BCUT2D eigenvalue weighted by Crippen LogP contribution is -2.22. The van der Waals surface area contributed by atoms with Crippen LogP contribution in [0.15, 0.2) is 11.6 Å². The van der Waals surface area contributed by atoms with Gasteiger partial charge in [0.15, 0.2) is 0 Å². The van der Waals surface area contributed by atoms with Crippen LogP contribution in [0, 0.1) is 11.3 Å². The summed E-state index contributed by atoms with van der Waals surface area (Å²) in [5, 5.41) is 0. The maximum atomic E-state index is 11.3. The number of carbonyl (C=O) groups is 1. The SMILES string of the molecule is COC/C=C1\CC[C@H](CC(=O)OC)C1(C)C. The van der Waals surface area contributed by atoms with Crippen LogP contribution in [0.1, 0.15) is 33.1 Å². The Labute approximate surface area is 97.8 Å². The van der Waals surface area contributed by atoms with E-state index in [2.05, 4.69) is 19.9 Å². The molecule has 0 amide bonds. The number of methoxy groups -OCH3 is 2. The van der Waals surface area contributed by atoms with Crippen LogP contribution >= 0.6 is 0 Å². The minimum Gasteiger partial charge on any atom is -0.469 e. The highest BCUT2D eigenvalue weighted by Gasteiger charge is 2.39. The topological polar surface area (TPSA) is 35.5 Å². The van der Waals surface area contributed by atoms with Crippen molar-refractivity contribution in [2.75, 3.05) is 20.8 Å². The molecule has 3 heteroatoms. The number of esters is 1. The molecule has 1 saturated carbocycles. The molecule has 0 radical (unpaired) electrons. The van der Waals surface area contributed by atoms with E-state index >= 15 is 0 Å². The van der Waals surface area contributed by atoms with Gasteiger partial charge in [-0.2, -0.15) is 0 Å². The minimum absolute atomic E-state index is 0.0900. The van der Waals surface area contributed by atoms with Crippen LogP contribution in [0.3, 0.4) is 0 Å². The fraction of sp³-hybridized carbons (Fsp3) is 0.769. The van der Waals surface area contributed by atoms with E-state index in [4.69, 9.17) is 9.47 Å². The van der Waals surface area contributed by atoms with Crippen LogP contribution < -0.4 is 0 Å². The first-order chi connectivity index (χ1) is 7.52. The predicted molar refractivity (Wildman–Crippen MR) is 63.1 cm³/mol. The van der Waals surface area contributed by atoms with E-state index in [1.807, 2.05) is 0 Å². The Morgan fingerprint density at radius 2 is 2.19 bits per heavy atom. The van der Waals surface area contributed by atoms with E-state index in [1.165, 1.54) is 12.7 Å². The standard InChI is InChI=1S/C13H22O3/c1-13(2)10(7-8-15-3)5-6-11(13)9-12(14)16-4/h7,11H,5-6,8-9H2,1-4H3/b10-7+/t11-/m1/s1. The van der Waals surface area contributed by atoms with Gasteiger partial charge in [0, 0.05) is 13.5 Å². The lowest BCUT2D eigenvalue weighted by molar-refractivity contribution is -0.142. The van der Waals surface area contributed by atoms with E-state index in [1.54, 1.807) is 7.11 Å². The fourth-order valence-electron chi connectivity index (χ4n) is 2.47. The maximum absolute atomic E-state index is 11.3. The summed E-state index contributed by atoms with van der Waals surface area (Å²) in [6.45, 7) is 5.06. The summed E-state index contributed by atoms with van der Waals surface area (Å²) in [4.78, 5) is 11.3. The van der Waals surface area contributed by atoms with Crippen LogP contribution in [0.5, 0.6) is 0 Å². The van der Waals surface area contributed by atoms with Gasteiger partial charge >= 0.3 is 5.97 Å². The van der Waals surface area contributed by atoms with Gasteiger partial charge in [-0.25, -0.2) is 0 Å². The van der Waals surface area contributed by atoms with Crippen LogP contribution in [0.25, 0.3) is 0 Å². The van der Waals surface area contributed by atoms with Crippen molar-refractivity contribution in [3.63, 3.8) is 0 Å². The first kappa shape index (κ1) is 13.2. The molecule has 0 saturated heterocycles. The second kappa shape index (κ2) is 5.48. The average Bonchev–Trinajstić information content (AvgIpc) is 2.52. The number of rotatable bonds is 4. The lowest BCUT2D eigenvalue weighted by Gasteiger charge is -2.28. The molecule has 1 rings (SSSR count). The summed E-state index contributed by atoms with van der Waals surface area (Å²) < 4.78 is 9.81. The van der Waals surface area contributed by atoms with Crippen molar-refractivity contribution in [2.45, 2.75) is 33.1 Å². The third-order valence-corrected chi connectivity index (χ3v) is 3.75. The van der Waals surface area contributed by atoms with Crippen LogP contribution in [-0.4, -0.2) is 26.8 Å². The molecule has 1 aliphatic rings. The van der Waals surface area contributed by atoms with Crippen molar-refractivity contribution in [1.29, 1.82) is 0 Å². The van der Waals surface area contributed by atoms with E-state index in [9.17, 15) is 4.79 Å². The number of hydrogen-bond acceptors (Lipinski definition) is 3. The van der Waals surface area contributed by atoms with Crippen molar-refractivity contribution in [3.05, 3.63) is 11.6 Å². The quantitative estimate of drug-likeness (QED) is 0.546. The van der Waals surface area contributed by atoms with Gasteiger partial charge in [-0.3, -0.25) is 4.79 Å². The van der Waals surface area contributed by atoms with Crippen LogP contribution in [0.2, 0.25) is 0 Å². The zero-order valence-corrected chi connectivity index (χ0v) is 10.7. The Balaban J connectivity index is 2.67. The molecule has 1 atom stereocenters. The van der Waals surface area contributed by atoms with Gasteiger partial charge in [0.25, 0.3) is 0 Å². The van der Waals surface area contributed by atoms with Crippen LogP contribution in [0.4, 0.5) is 0 Å². The van der Waals surface area contributed by atoms with Crippen molar-refractivity contribution >= 4 is 5.97 Å². The summed E-state index contributed by atoms with van der Waals surface area (Å²) in [6.07, 6.45) is 4.81. The summed E-state index contributed by atoms with van der Waals surface area (Å²) in [7, 11) is 3.15. The Hall–Kier alpha value is -0.830. The molecule has 0 spiro atoms. The molecule has 0 unspecified atom stereocenters. The molecule has 3 nitrogen and oxygen atoms in total. The maximum Gasteiger partial charge on any atom is 0.305 e. The third kappa shape index (κ3) is 2.85. The molecule has 16 heavy (non-hydrogen) atoms. The molecule has 0 aromatic heterocycles. The molecule has 0 bridgehead atoms. The molecule has 92 valence electrons. The van der Waals surface area contributed by atoms with Crippen molar-refractivity contribution < 1.29 is 14.3 Å². The second-order valence-electron chi connectivity index (χ2n) is 4.92. The molecular formula is C13H22O3. The van der Waals surface area contributed by atoms with E-state index in [-0.39, 0.29) is 11.4 Å². The Kier molecular flexibility index (Phi) is 4.54. The first-order valence-corrected chi connectivity index (χ1v) is 5.77. The third-order valence-electron chi connectivity index (χ3n) is 3.75. The van der Waals surface area contributed by atoms with Crippen molar-refractivity contribution in [2.24, 2.45) is 11.3 Å². The molecule has 1 aliphatic carbocycles. The van der Waals surface area contributed by atoms with E-state index in [0.29, 0.717) is 18.9 Å². The average molecular weight is 226 g/mol. The minimum atomic E-state index is -0.105. The molecule has 0 aromatic rings.